The Labute approximate surface area is 240 Å². The molecule has 7 nitrogen and oxygen atoms in total. The molecular weight excluding hydrogens is 568 g/mol. The predicted octanol–water partition coefficient (Wildman–Crippen LogP) is 4.72. The summed E-state index contributed by atoms with van der Waals surface area (Å²) < 4.78 is 5.04. The first-order valence-corrected chi connectivity index (χ1v) is 15.8. The van der Waals surface area contributed by atoms with Gasteiger partial charge < -0.3 is 19.6 Å². The molecule has 0 radical (unpaired) electrons. The molecule has 9 heteroatoms. The molecule has 3 fully saturated rings. The number of allylic oxidation sites excluding steroid dienone is 1. The maximum absolute atomic E-state index is 14.4. The minimum Gasteiger partial charge on any atom is -0.465 e. The number of unbranched alkanes of at least 4 members (excludes halogenated alkanes) is 5. The van der Waals surface area contributed by atoms with Crippen molar-refractivity contribution in [1.29, 1.82) is 0 Å². The van der Waals surface area contributed by atoms with Crippen molar-refractivity contribution in [2.45, 2.75) is 98.5 Å². The van der Waals surface area contributed by atoms with Crippen molar-refractivity contribution >= 4 is 45.5 Å². The number of carbonyl (C=O) groups is 3. The largest absolute Gasteiger partial charge is 0.465 e. The molecule has 3 heterocycles. The molecule has 38 heavy (non-hydrogen) atoms. The number of thioether (sulfide) groups is 1. The Kier molecular flexibility index (Phi) is 11.0. The van der Waals surface area contributed by atoms with Crippen LogP contribution in [0.4, 0.5) is 0 Å². The molecule has 2 bridgehead atoms. The topological polar surface area (TPSA) is 87.1 Å². The van der Waals surface area contributed by atoms with Crippen LogP contribution >= 0.6 is 27.7 Å². The first-order valence-electron chi connectivity index (χ1n) is 14.0. The number of aliphatic hydroxyl groups is 1. The van der Waals surface area contributed by atoms with Crippen LogP contribution in [0.1, 0.15) is 72.1 Å². The highest BCUT2D eigenvalue weighted by atomic mass is 79.9. The Morgan fingerprint density at radius 2 is 1.89 bits per heavy atom. The van der Waals surface area contributed by atoms with E-state index >= 15 is 0 Å². The summed E-state index contributed by atoms with van der Waals surface area (Å²) in [6, 6.07) is -0.641. The number of hydrogen-bond acceptors (Lipinski definition) is 6. The van der Waals surface area contributed by atoms with E-state index in [2.05, 4.69) is 29.1 Å². The third-order valence-electron chi connectivity index (χ3n) is 8.04. The Morgan fingerprint density at radius 1 is 1.18 bits per heavy atom. The molecule has 6 atom stereocenters. The van der Waals surface area contributed by atoms with E-state index in [1.807, 2.05) is 31.7 Å². The van der Waals surface area contributed by atoms with Gasteiger partial charge in [-0.1, -0.05) is 40.9 Å². The lowest BCUT2D eigenvalue weighted by Gasteiger charge is -2.42. The van der Waals surface area contributed by atoms with Crippen LogP contribution in [0, 0.1) is 11.8 Å². The van der Waals surface area contributed by atoms with Crippen LogP contribution < -0.4 is 0 Å². The molecule has 0 aromatic heterocycles. The summed E-state index contributed by atoms with van der Waals surface area (Å²) in [5.41, 5.74) is -0.450. The van der Waals surface area contributed by atoms with E-state index in [9.17, 15) is 14.4 Å². The zero-order valence-electron chi connectivity index (χ0n) is 23.2. The number of hydrogen-bond donors (Lipinski definition) is 1. The van der Waals surface area contributed by atoms with E-state index in [0.717, 1.165) is 44.9 Å². The van der Waals surface area contributed by atoms with Gasteiger partial charge in [0.2, 0.25) is 11.8 Å². The third-order valence-corrected chi connectivity index (χ3v) is 11.3. The average molecular weight is 614 g/mol. The molecule has 0 aromatic rings. The number of carbonyl (C=O) groups excluding carboxylic acids is 3. The number of aliphatic hydroxyl groups excluding tert-OH is 1. The van der Waals surface area contributed by atoms with Gasteiger partial charge in [0.15, 0.2) is 0 Å². The van der Waals surface area contributed by atoms with Crippen molar-refractivity contribution in [2.24, 2.45) is 11.8 Å². The normalized spacial score (nSPS) is 29.9. The van der Waals surface area contributed by atoms with Crippen LogP contribution in [-0.2, 0) is 19.1 Å². The van der Waals surface area contributed by atoms with E-state index < -0.39 is 28.2 Å². The zero-order valence-corrected chi connectivity index (χ0v) is 25.6. The van der Waals surface area contributed by atoms with Crippen LogP contribution in [-0.4, -0.2) is 85.4 Å². The fourth-order valence-electron chi connectivity index (χ4n) is 6.30. The summed E-state index contributed by atoms with van der Waals surface area (Å²) in [4.78, 5) is 45.5. The fourth-order valence-corrected chi connectivity index (χ4v) is 9.89. The summed E-state index contributed by atoms with van der Waals surface area (Å²) >= 11 is 5.46. The van der Waals surface area contributed by atoms with Crippen LogP contribution in [0.25, 0.3) is 0 Å². The molecule has 1 N–H and O–H groups in total. The lowest BCUT2D eigenvalue weighted by molar-refractivity contribution is -0.154. The van der Waals surface area contributed by atoms with Gasteiger partial charge in [0.1, 0.15) is 6.04 Å². The van der Waals surface area contributed by atoms with E-state index in [1.54, 1.807) is 22.7 Å². The van der Waals surface area contributed by atoms with Crippen molar-refractivity contribution in [2.75, 3.05) is 26.3 Å². The highest BCUT2D eigenvalue weighted by Gasteiger charge is 2.76. The highest BCUT2D eigenvalue weighted by molar-refractivity contribution is 9.09. The van der Waals surface area contributed by atoms with Crippen molar-refractivity contribution in [3.63, 3.8) is 0 Å². The number of likely N-dealkylation sites (tertiary alicyclic amines) is 1. The number of rotatable bonds is 15. The minimum absolute atomic E-state index is 0.0251. The summed E-state index contributed by atoms with van der Waals surface area (Å²) in [6.45, 7) is 14.9. The van der Waals surface area contributed by atoms with Crippen LogP contribution in [0.15, 0.2) is 25.3 Å². The van der Waals surface area contributed by atoms with E-state index in [-0.39, 0.29) is 34.5 Å². The Hall–Kier alpha value is -1.32. The van der Waals surface area contributed by atoms with Gasteiger partial charge in [0.25, 0.3) is 0 Å². The first kappa shape index (κ1) is 31.2. The van der Waals surface area contributed by atoms with Gasteiger partial charge in [-0.25, -0.2) is 0 Å². The monoisotopic (exact) mass is 612 g/mol. The Bertz CT molecular complexity index is 893. The van der Waals surface area contributed by atoms with Gasteiger partial charge in [0.05, 0.1) is 23.2 Å². The molecule has 0 aromatic carbocycles. The summed E-state index contributed by atoms with van der Waals surface area (Å²) in [7, 11) is 0. The standard InChI is InChI=1S/C29H45BrN2O5S/c1-6-8-9-14-18-37-27(36)21-22-25(34)31(16-12-10-11-13-17-33)24(29(22)19-20(30)23(21)38-29)26(35)32(15-7-2)28(3,4)5/h6-7,20-24,33H,1-2,8-19H2,3-5H3/t20?,21-,22-,23-,24?,29?/m0/s1. The molecular formula is C29H45BrN2O5S. The third kappa shape index (κ3) is 6.20. The molecule has 3 saturated heterocycles. The highest BCUT2D eigenvalue weighted by Crippen LogP contribution is 2.68. The van der Waals surface area contributed by atoms with Gasteiger partial charge >= 0.3 is 5.97 Å². The summed E-state index contributed by atoms with van der Waals surface area (Å²) in [5.74, 6) is -1.62. The lowest BCUT2D eigenvalue weighted by atomic mass is 9.71. The molecule has 1 spiro atoms. The number of alkyl halides is 1. The molecule has 0 saturated carbocycles. The minimum atomic E-state index is -0.671. The van der Waals surface area contributed by atoms with E-state index in [0.29, 0.717) is 26.1 Å². The second-order valence-electron chi connectivity index (χ2n) is 11.7. The van der Waals surface area contributed by atoms with Crippen molar-refractivity contribution in [3.05, 3.63) is 25.3 Å². The van der Waals surface area contributed by atoms with Crippen molar-refractivity contribution in [3.8, 4) is 0 Å². The van der Waals surface area contributed by atoms with E-state index in [4.69, 9.17) is 9.84 Å². The second-order valence-corrected chi connectivity index (χ2v) is 14.4. The van der Waals surface area contributed by atoms with Gasteiger partial charge in [-0.2, -0.15) is 0 Å². The number of fused-ring (bicyclic) bond motifs is 1. The number of amides is 2. The number of nitrogens with zero attached hydrogens (tertiary/aromatic N) is 2. The van der Waals surface area contributed by atoms with Gasteiger partial charge in [-0.05, 0) is 59.3 Å². The maximum atomic E-state index is 14.4. The van der Waals surface area contributed by atoms with Gasteiger partial charge in [0, 0.05) is 35.3 Å². The maximum Gasteiger partial charge on any atom is 0.310 e. The Morgan fingerprint density at radius 3 is 2.53 bits per heavy atom. The fraction of sp³-hybridized carbons (Fsp3) is 0.759. The van der Waals surface area contributed by atoms with Gasteiger partial charge in [-0.3, -0.25) is 14.4 Å². The Balaban J connectivity index is 1.92. The average Bonchev–Trinajstić information content (AvgIpc) is 3.44. The van der Waals surface area contributed by atoms with Crippen molar-refractivity contribution in [1.82, 2.24) is 9.80 Å². The summed E-state index contributed by atoms with van der Waals surface area (Å²) in [5, 5.41) is 9.03. The number of halogens is 1. The molecule has 3 rings (SSSR count). The SMILES string of the molecule is C=CCCCCOC(=O)[C@H]1[C@H]2C(=O)N(CCCCCCO)C(C(=O)N(CC=C)C(C)(C)C)C23CC(Br)[C@@H]1S3. The molecule has 3 aliphatic heterocycles. The van der Waals surface area contributed by atoms with Crippen molar-refractivity contribution < 1.29 is 24.2 Å². The number of esters is 1. The van der Waals surface area contributed by atoms with Crippen LogP contribution in [0.3, 0.4) is 0 Å². The molecule has 3 unspecified atom stereocenters. The lowest BCUT2D eigenvalue weighted by Crippen LogP contribution is -2.59. The molecule has 3 aliphatic rings. The quantitative estimate of drug-likeness (QED) is 0.125. The molecule has 0 aliphatic carbocycles. The predicted molar refractivity (Wildman–Crippen MR) is 156 cm³/mol. The molecule has 2 amide bonds. The van der Waals surface area contributed by atoms with Crippen LogP contribution in [0.2, 0.25) is 0 Å². The smallest absolute Gasteiger partial charge is 0.310 e. The molecule has 214 valence electrons. The van der Waals surface area contributed by atoms with Gasteiger partial charge in [-0.15, -0.1) is 24.9 Å². The summed E-state index contributed by atoms with van der Waals surface area (Å²) in [6.07, 6.45) is 9.99. The van der Waals surface area contributed by atoms with Crippen LogP contribution in [0.5, 0.6) is 0 Å². The van der Waals surface area contributed by atoms with E-state index in [1.165, 1.54) is 0 Å². The zero-order chi connectivity index (χ0) is 28.1. The second kappa shape index (κ2) is 13.4. The first-order chi connectivity index (χ1) is 18.0. The number of ether oxygens (including phenoxy) is 1.